The van der Waals surface area contributed by atoms with Crippen LogP contribution in [0.4, 0.5) is 8.78 Å². The summed E-state index contributed by atoms with van der Waals surface area (Å²) in [5.41, 5.74) is 2.68. The molecule has 1 saturated heterocycles. The van der Waals surface area contributed by atoms with Gasteiger partial charge in [0.25, 0.3) is 5.91 Å². The predicted octanol–water partition coefficient (Wildman–Crippen LogP) is 4.44. The Morgan fingerprint density at radius 3 is 2.43 bits per heavy atom. The maximum absolute atomic E-state index is 13.5. The first-order chi connectivity index (χ1) is 13.6. The minimum absolute atomic E-state index is 0.0851. The SMILES string of the molecule is O=C(c1ccc(F)cc1)N1CCC(c2cncc(-c3cccc(F)c3)n2)CC1. The van der Waals surface area contributed by atoms with Gasteiger partial charge in [-0.15, -0.1) is 0 Å². The predicted molar refractivity (Wildman–Crippen MR) is 102 cm³/mol. The quantitative estimate of drug-likeness (QED) is 0.676. The van der Waals surface area contributed by atoms with Crippen LogP contribution in [0.15, 0.2) is 60.9 Å². The van der Waals surface area contributed by atoms with Crippen molar-refractivity contribution >= 4 is 5.91 Å². The van der Waals surface area contributed by atoms with Crippen LogP contribution >= 0.6 is 0 Å². The number of hydrogen-bond acceptors (Lipinski definition) is 3. The molecule has 4 rings (SSSR count). The third-order valence-electron chi connectivity index (χ3n) is 5.07. The van der Waals surface area contributed by atoms with E-state index in [-0.39, 0.29) is 23.5 Å². The number of nitrogens with zero attached hydrogens (tertiary/aromatic N) is 3. The second-order valence-electron chi connectivity index (χ2n) is 6.91. The normalized spacial score (nSPS) is 14.9. The molecular formula is C22H19F2N3O. The highest BCUT2D eigenvalue weighted by Gasteiger charge is 2.25. The molecule has 6 heteroatoms. The zero-order valence-electron chi connectivity index (χ0n) is 15.2. The Hall–Kier alpha value is -3.15. The molecule has 1 fully saturated rings. The van der Waals surface area contributed by atoms with Crippen molar-refractivity contribution < 1.29 is 13.6 Å². The summed E-state index contributed by atoms with van der Waals surface area (Å²) in [6, 6.07) is 11.9. The fourth-order valence-corrected chi connectivity index (χ4v) is 3.52. The van der Waals surface area contributed by atoms with Crippen molar-refractivity contribution in [2.75, 3.05) is 13.1 Å². The lowest BCUT2D eigenvalue weighted by molar-refractivity contribution is 0.0712. The van der Waals surface area contributed by atoms with Gasteiger partial charge in [-0.05, 0) is 49.2 Å². The molecule has 2 heterocycles. The number of carbonyl (C=O) groups excluding carboxylic acids is 1. The molecule has 1 amide bonds. The summed E-state index contributed by atoms with van der Waals surface area (Å²) in [5, 5.41) is 0. The van der Waals surface area contributed by atoms with Gasteiger partial charge in [-0.2, -0.15) is 0 Å². The van der Waals surface area contributed by atoms with E-state index < -0.39 is 0 Å². The summed E-state index contributed by atoms with van der Waals surface area (Å²) in [5.74, 6) is -0.555. The first-order valence-electron chi connectivity index (χ1n) is 9.23. The van der Waals surface area contributed by atoms with E-state index in [0.717, 1.165) is 18.5 Å². The number of amides is 1. The molecule has 3 aromatic rings. The van der Waals surface area contributed by atoms with Gasteiger partial charge in [0.15, 0.2) is 0 Å². The van der Waals surface area contributed by atoms with Crippen molar-refractivity contribution in [1.29, 1.82) is 0 Å². The van der Waals surface area contributed by atoms with E-state index in [9.17, 15) is 13.6 Å². The van der Waals surface area contributed by atoms with Gasteiger partial charge in [-0.3, -0.25) is 9.78 Å². The summed E-state index contributed by atoms with van der Waals surface area (Å²) in [6.07, 6.45) is 4.92. The van der Waals surface area contributed by atoms with Crippen LogP contribution in [-0.4, -0.2) is 33.9 Å². The zero-order chi connectivity index (χ0) is 19.5. The van der Waals surface area contributed by atoms with Crippen molar-refractivity contribution in [3.8, 4) is 11.3 Å². The van der Waals surface area contributed by atoms with Crippen LogP contribution in [-0.2, 0) is 0 Å². The van der Waals surface area contributed by atoms with E-state index in [1.807, 2.05) is 0 Å². The van der Waals surface area contributed by atoms with E-state index >= 15 is 0 Å². The number of rotatable bonds is 3. The summed E-state index contributed by atoms with van der Waals surface area (Å²) in [6.45, 7) is 1.21. The summed E-state index contributed by atoms with van der Waals surface area (Å²) >= 11 is 0. The average Bonchev–Trinajstić information content (AvgIpc) is 2.74. The van der Waals surface area contributed by atoms with Crippen LogP contribution in [0.2, 0.25) is 0 Å². The molecule has 142 valence electrons. The molecule has 2 aromatic carbocycles. The summed E-state index contributed by atoms with van der Waals surface area (Å²) in [7, 11) is 0. The highest BCUT2D eigenvalue weighted by molar-refractivity contribution is 5.94. The molecule has 1 aliphatic heterocycles. The molecule has 1 aliphatic rings. The van der Waals surface area contributed by atoms with Crippen LogP contribution in [0.5, 0.6) is 0 Å². The lowest BCUT2D eigenvalue weighted by Gasteiger charge is -2.31. The van der Waals surface area contributed by atoms with Gasteiger partial charge in [0, 0.05) is 36.3 Å². The fourth-order valence-electron chi connectivity index (χ4n) is 3.52. The number of halogens is 2. The first kappa shape index (κ1) is 18.2. The third-order valence-corrected chi connectivity index (χ3v) is 5.07. The van der Waals surface area contributed by atoms with Crippen LogP contribution in [0, 0.1) is 11.6 Å². The highest BCUT2D eigenvalue weighted by Crippen LogP contribution is 2.28. The van der Waals surface area contributed by atoms with Crippen LogP contribution in [0.1, 0.15) is 34.8 Å². The summed E-state index contributed by atoms with van der Waals surface area (Å²) in [4.78, 5) is 23.3. The molecule has 0 spiro atoms. The van der Waals surface area contributed by atoms with E-state index in [4.69, 9.17) is 0 Å². The number of piperidine rings is 1. The standard InChI is InChI=1S/C22H19F2N3O/c23-18-6-4-16(5-7-18)22(28)27-10-8-15(9-11-27)20-13-25-14-21(26-20)17-2-1-3-19(24)12-17/h1-7,12-15H,8-11H2. The fraction of sp³-hybridized carbons (Fsp3) is 0.227. The van der Waals surface area contributed by atoms with Gasteiger partial charge in [-0.1, -0.05) is 12.1 Å². The van der Waals surface area contributed by atoms with Gasteiger partial charge in [0.05, 0.1) is 17.6 Å². The molecule has 0 atom stereocenters. The van der Waals surface area contributed by atoms with Gasteiger partial charge < -0.3 is 4.90 Å². The van der Waals surface area contributed by atoms with E-state index in [1.165, 1.54) is 36.4 Å². The molecule has 0 aliphatic carbocycles. The van der Waals surface area contributed by atoms with Crippen molar-refractivity contribution in [1.82, 2.24) is 14.9 Å². The lowest BCUT2D eigenvalue weighted by atomic mass is 9.93. The number of hydrogen-bond donors (Lipinski definition) is 0. The lowest BCUT2D eigenvalue weighted by Crippen LogP contribution is -2.38. The maximum atomic E-state index is 13.5. The number of aromatic nitrogens is 2. The Morgan fingerprint density at radius 2 is 1.71 bits per heavy atom. The molecule has 1 aromatic heterocycles. The number of benzene rings is 2. The Kier molecular flexibility index (Phi) is 5.10. The minimum Gasteiger partial charge on any atom is -0.339 e. The highest BCUT2D eigenvalue weighted by atomic mass is 19.1. The Bertz CT molecular complexity index is 983. The molecule has 0 radical (unpaired) electrons. The largest absolute Gasteiger partial charge is 0.339 e. The van der Waals surface area contributed by atoms with Crippen molar-refractivity contribution in [3.05, 3.63) is 83.8 Å². The van der Waals surface area contributed by atoms with Gasteiger partial charge >= 0.3 is 0 Å². The number of likely N-dealkylation sites (tertiary alicyclic amines) is 1. The van der Waals surface area contributed by atoms with Crippen LogP contribution < -0.4 is 0 Å². The Balaban J connectivity index is 1.44. The zero-order valence-corrected chi connectivity index (χ0v) is 15.2. The smallest absolute Gasteiger partial charge is 0.253 e. The van der Waals surface area contributed by atoms with Crippen LogP contribution in [0.3, 0.4) is 0 Å². The van der Waals surface area contributed by atoms with Crippen molar-refractivity contribution in [2.24, 2.45) is 0 Å². The first-order valence-corrected chi connectivity index (χ1v) is 9.23. The molecule has 0 saturated carbocycles. The minimum atomic E-state index is -0.355. The van der Waals surface area contributed by atoms with Crippen molar-refractivity contribution in [2.45, 2.75) is 18.8 Å². The molecule has 0 bridgehead atoms. The summed E-state index contributed by atoms with van der Waals surface area (Å²) < 4.78 is 26.5. The van der Waals surface area contributed by atoms with E-state index in [0.29, 0.717) is 29.9 Å². The average molecular weight is 379 g/mol. The maximum Gasteiger partial charge on any atom is 0.253 e. The molecule has 0 N–H and O–H groups in total. The second kappa shape index (κ2) is 7.84. The monoisotopic (exact) mass is 379 g/mol. The Labute approximate surface area is 161 Å². The third kappa shape index (κ3) is 3.91. The second-order valence-corrected chi connectivity index (χ2v) is 6.91. The van der Waals surface area contributed by atoms with Crippen LogP contribution in [0.25, 0.3) is 11.3 Å². The molecule has 4 nitrogen and oxygen atoms in total. The Morgan fingerprint density at radius 1 is 0.964 bits per heavy atom. The van der Waals surface area contributed by atoms with Crippen molar-refractivity contribution in [3.63, 3.8) is 0 Å². The molecule has 0 unspecified atom stereocenters. The van der Waals surface area contributed by atoms with E-state index in [2.05, 4.69) is 9.97 Å². The molecule has 28 heavy (non-hydrogen) atoms. The van der Waals surface area contributed by atoms with Gasteiger partial charge in [0.1, 0.15) is 11.6 Å². The molecular weight excluding hydrogens is 360 g/mol. The topological polar surface area (TPSA) is 46.1 Å². The van der Waals surface area contributed by atoms with E-state index in [1.54, 1.807) is 29.4 Å². The van der Waals surface area contributed by atoms with Gasteiger partial charge in [-0.25, -0.2) is 13.8 Å². The van der Waals surface area contributed by atoms with Gasteiger partial charge in [0.2, 0.25) is 0 Å². The number of carbonyl (C=O) groups is 1.